The Labute approximate surface area is 115 Å². The van der Waals surface area contributed by atoms with Gasteiger partial charge in [0.25, 0.3) is 0 Å². The second-order valence-electron chi connectivity index (χ2n) is 4.39. The van der Waals surface area contributed by atoms with Crippen molar-refractivity contribution in [3.63, 3.8) is 0 Å². The first-order chi connectivity index (χ1) is 9.34. The van der Waals surface area contributed by atoms with Crippen molar-refractivity contribution in [3.8, 4) is 0 Å². The number of alkyl halides is 3. The lowest BCUT2D eigenvalue weighted by Gasteiger charge is -2.11. The van der Waals surface area contributed by atoms with Gasteiger partial charge in [-0.3, -0.25) is 0 Å². The molecule has 0 aliphatic heterocycles. The molecule has 6 heteroatoms. The number of nitrogens with one attached hydrogen (secondary N) is 1. The van der Waals surface area contributed by atoms with Crippen molar-refractivity contribution in [1.82, 2.24) is 5.32 Å². The van der Waals surface area contributed by atoms with Gasteiger partial charge in [0.1, 0.15) is 5.82 Å². The molecule has 1 aromatic carbocycles. The Morgan fingerprint density at radius 2 is 2.05 bits per heavy atom. The fourth-order valence-electron chi connectivity index (χ4n) is 1.68. The smallest absolute Gasteiger partial charge is 0.383 e. The van der Waals surface area contributed by atoms with Crippen LogP contribution in [0.1, 0.15) is 18.1 Å². The standard InChI is InChI=1S/C14H17F4NO/c1-10(9-19-5-6-20-2)7-11-3-4-12(15)8-13(11)14(16,17)18/h3-4,7-8,19H,5-6,9H2,1-2H3/b10-7+. The fourth-order valence-corrected chi connectivity index (χ4v) is 1.68. The van der Waals surface area contributed by atoms with Crippen LogP contribution in [0.25, 0.3) is 6.08 Å². The summed E-state index contributed by atoms with van der Waals surface area (Å²) in [5, 5.41) is 3.03. The summed E-state index contributed by atoms with van der Waals surface area (Å²) >= 11 is 0. The molecular weight excluding hydrogens is 274 g/mol. The zero-order valence-corrected chi connectivity index (χ0v) is 11.4. The molecular formula is C14H17F4NO. The molecule has 0 fully saturated rings. The minimum atomic E-state index is -4.57. The number of benzene rings is 1. The van der Waals surface area contributed by atoms with Gasteiger partial charge in [-0.25, -0.2) is 4.39 Å². The quantitative estimate of drug-likeness (QED) is 0.640. The molecule has 0 aromatic heterocycles. The predicted molar refractivity (Wildman–Crippen MR) is 69.8 cm³/mol. The van der Waals surface area contributed by atoms with Crippen LogP contribution in [0.5, 0.6) is 0 Å². The molecule has 0 amide bonds. The summed E-state index contributed by atoms with van der Waals surface area (Å²) < 4.78 is 56.2. The SMILES string of the molecule is COCCNC/C(C)=C/c1ccc(F)cc1C(F)(F)F. The van der Waals surface area contributed by atoms with E-state index in [-0.39, 0.29) is 5.56 Å². The molecule has 0 spiro atoms. The third-order valence-corrected chi connectivity index (χ3v) is 2.61. The number of methoxy groups -OCH3 is 1. The van der Waals surface area contributed by atoms with Crippen molar-refractivity contribution < 1.29 is 22.3 Å². The minimum absolute atomic E-state index is 0.0371. The van der Waals surface area contributed by atoms with Crippen molar-refractivity contribution in [2.75, 3.05) is 26.8 Å². The van der Waals surface area contributed by atoms with E-state index in [0.717, 1.165) is 17.7 Å². The molecule has 2 nitrogen and oxygen atoms in total. The summed E-state index contributed by atoms with van der Waals surface area (Å²) in [5.74, 6) is -0.898. The van der Waals surface area contributed by atoms with Gasteiger partial charge in [-0.1, -0.05) is 17.7 Å². The third-order valence-electron chi connectivity index (χ3n) is 2.61. The van der Waals surface area contributed by atoms with Gasteiger partial charge in [-0.2, -0.15) is 13.2 Å². The lowest BCUT2D eigenvalue weighted by Crippen LogP contribution is -2.21. The highest BCUT2D eigenvalue weighted by Crippen LogP contribution is 2.33. The van der Waals surface area contributed by atoms with E-state index in [0.29, 0.717) is 25.8 Å². The fraction of sp³-hybridized carbons (Fsp3) is 0.429. The van der Waals surface area contributed by atoms with E-state index in [1.165, 1.54) is 6.08 Å². The monoisotopic (exact) mass is 291 g/mol. The second-order valence-corrected chi connectivity index (χ2v) is 4.39. The van der Waals surface area contributed by atoms with Gasteiger partial charge >= 0.3 is 6.18 Å². The first-order valence-corrected chi connectivity index (χ1v) is 6.08. The maximum absolute atomic E-state index is 13.0. The summed E-state index contributed by atoms with van der Waals surface area (Å²) in [6.45, 7) is 3.29. The Kier molecular flexibility index (Phi) is 6.16. The van der Waals surface area contributed by atoms with Crippen LogP contribution in [0.3, 0.4) is 0 Å². The first-order valence-electron chi connectivity index (χ1n) is 6.08. The molecule has 1 rings (SSSR count). The number of halogens is 4. The van der Waals surface area contributed by atoms with Crippen LogP contribution in [-0.2, 0) is 10.9 Å². The van der Waals surface area contributed by atoms with Gasteiger partial charge < -0.3 is 10.1 Å². The Bertz CT molecular complexity index is 469. The topological polar surface area (TPSA) is 21.3 Å². The molecule has 1 N–H and O–H groups in total. The lowest BCUT2D eigenvalue weighted by atomic mass is 10.0. The van der Waals surface area contributed by atoms with E-state index in [1.807, 2.05) is 0 Å². The third kappa shape index (κ3) is 5.30. The number of hydrogen-bond donors (Lipinski definition) is 1. The molecule has 112 valence electrons. The molecule has 0 bridgehead atoms. The second kappa shape index (κ2) is 7.40. The van der Waals surface area contributed by atoms with Crippen LogP contribution in [-0.4, -0.2) is 26.8 Å². The van der Waals surface area contributed by atoms with Crippen LogP contribution in [0, 0.1) is 5.82 Å². The Hall–Kier alpha value is -1.40. The van der Waals surface area contributed by atoms with Gasteiger partial charge in [-0.05, 0) is 24.6 Å². The summed E-state index contributed by atoms with van der Waals surface area (Å²) in [4.78, 5) is 0. The molecule has 0 saturated heterocycles. The lowest BCUT2D eigenvalue weighted by molar-refractivity contribution is -0.137. The molecule has 0 atom stereocenters. The van der Waals surface area contributed by atoms with Crippen LogP contribution in [0.4, 0.5) is 17.6 Å². The van der Waals surface area contributed by atoms with Crippen LogP contribution in [0.15, 0.2) is 23.8 Å². The normalized spacial score (nSPS) is 12.8. The summed E-state index contributed by atoms with van der Waals surface area (Å²) in [7, 11) is 1.57. The van der Waals surface area contributed by atoms with Crippen molar-refractivity contribution in [2.45, 2.75) is 13.1 Å². The maximum Gasteiger partial charge on any atom is 0.417 e. The highest BCUT2D eigenvalue weighted by molar-refractivity contribution is 5.57. The number of rotatable bonds is 6. The Morgan fingerprint density at radius 3 is 2.65 bits per heavy atom. The summed E-state index contributed by atoms with van der Waals surface area (Å²) in [6.07, 6.45) is -3.17. The predicted octanol–water partition coefficient (Wildman–Crippen LogP) is 3.48. The van der Waals surface area contributed by atoms with Crippen molar-refractivity contribution >= 4 is 6.08 Å². The van der Waals surface area contributed by atoms with Crippen molar-refractivity contribution in [3.05, 3.63) is 40.7 Å². The van der Waals surface area contributed by atoms with Gasteiger partial charge in [0, 0.05) is 20.2 Å². The average Bonchev–Trinajstić information content (AvgIpc) is 2.35. The van der Waals surface area contributed by atoms with Crippen LogP contribution < -0.4 is 5.32 Å². The van der Waals surface area contributed by atoms with Gasteiger partial charge in [0.15, 0.2) is 0 Å². The first kappa shape index (κ1) is 16.7. The van der Waals surface area contributed by atoms with Gasteiger partial charge in [-0.15, -0.1) is 0 Å². The Balaban J connectivity index is 2.85. The van der Waals surface area contributed by atoms with Crippen molar-refractivity contribution in [1.29, 1.82) is 0 Å². The van der Waals surface area contributed by atoms with E-state index >= 15 is 0 Å². The highest BCUT2D eigenvalue weighted by atomic mass is 19.4. The zero-order chi connectivity index (χ0) is 15.2. The van der Waals surface area contributed by atoms with Gasteiger partial charge in [0.2, 0.25) is 0 Å². The molecule has 20 heavy (non-hydrogen) atoms. The Morgan fingerprint density at radius 1 is 1.35 bits per heavy atom. The van der Waals surface area contributed by atoms with Crippen molar-refractivity contribution in [2.24, 2.45) is 0 Å². The van der Waals surface area contributed by atoms with Crippen LogP contribution in [0.2, 0.25) is 0 Å². The summed E-state index contributed by atoms with van der Waals surface area (Å²) in [6, 6.07) is 2.67. The van der Waals surface area contributed by atoms with E-state index in [1.54, 1.807) is 14.0 Å². The largest absolute Gasteiger partial charge is 0.417 e. The number of ether oxygens (including phenoxy) is 1. The number of hydrogen-bond acceptors (Lipinski definition) is 2. The molecule has 1 aromatic rings. The van der Waals surface area contributed by atoms with E-state index < -0.39 is 17.6 Å². The minimum Gasteiger partial charge on any atom is -0.383 e. The molecule has 0 unspecified atom stereocenters. The van der Waals surface area contributed by atoms with E-state index in [9.17, 15) is 17.6 Å². The van der Waals surface area contributed by atoms with E-state index in [4.69, 9.17) is 4.74 Å². The highest BCUT2D eigenvalue weighted by Gasteiger charge is 2.33. The summed E-state index contributed by atoms with van der Waals surface area (Å²) in [5.41, 5.74) is -0.281. The molecule has 0 aliphatic carbocycles. The molecule has 0 radical (unpaired) electrons. The maximum atomic E-state index is 13.0. The zero-order valence-electron chi connectivity index (χ0n) is 11.4. The van der Waals surface area contributed by atoms with E-state index in [2.05, 4.69) is 5.32 Å². The molecule has 0 heterocycles. The van der Waals surface area contributed by atoms with Crippen LogP contribution >= 0.6 is 0 Å². The van der Waals surface area contributed by atoms with Gasteiger partial charge in [0.05, 0.1) is 12.2 Å². The molecule has 0 saturated carbocycles. The average molecular weight is 291 g/mol. The molecule has 0 aliphatic rings.